The number of aromatic nitrogens is 2. The summed E-state index contributed by atoms with van der Waals surface area (Å²) in [5.74, 6) is 1.52. The fraction of sp³-hybridized carbons (Fsp3) is 0.682. The van der Waals surface area contributed by atoms with Gasteiger partial charge in [-0.1, -0.05) is 5.57 Å². The van der Waals surface area contributed by atoms with Gasteiger partial charge in [-0.15, -0.1) is 0 Å². The highest BCUT2D eigenvalue weighted by Crippen LogP contribution is 2.50. The van der Waals surface area contributed by atoms with E-state index < -0.39 is 0 Å². The monoisotopic (exact) mass is 369 g/mol. The Bertz CT molecular complexity index is 748. The van der Waals surface area contributed by atoms with Crippen LogP contribution in [-0.2, 0) is 11.2 Å². The van der Waals surface area contributed by atoms with E-state index in [1.807, 2.05) is 0 Å². The number of rotatable bonds is 6. The third kappa shape index (κ3) is 3.79. The molecule has 3 aliphatic carbocycles. The predicted octanol–water partition coefficient (Wildman–Crippen LogP) is 3.82. The zero-order chi connectivity index (χ0) is 19.0. The van der Waals surface area contributed by atoms with Crippen LogP contribution in [-0.4, -0.2) is 46.9 Å². The minimum atomic E-state index is 0.252. The van der Waals surface area contributed by atoms with Crippen LogP contribution in [0.5, 0.6) is 5.88 Å². The maximum atomic E-state index is 11.5. The molecular formula is C22H31N3O2. The Kier molecular flexibility index (Phi) is 5.31. The van der Waals surface area contributed by atoms with Gasteiger partial charge >= 0.3 is 0 Å². The molecule has 0 N–H and O–H groups in total. The lowest BCUT2D eigenvalue weighted by Crippen LogP contribution is -2.35. The summed E-state index contributed by atoms with van der Waals surface area (Å²) in [6.07, 6.45) is 11.3. The molecule has 3 aliphatic rings. The van der Waals surface area contributed by atoms with Crippen LogP contribution in [0, 0.1) is 5.92 Å². The third-order valence-electron chi connectivity index (χ3n) is 6.62. The molecule has 5 nitrogen and oxygen atoms in total. The van der Waals surface area contributed by atoms with Crippen molar-refractivity contribution in [1.82, 2.24) is 14.9 Å². The lowest BCUT2D eigenvalue weighted by Gasteiger charge is -2.32. The molecule has 0 bridgehead atoms. The largest absolute Gasteiger partial charge is 0.474 e. The number of ether oxygens (including phenoxy) is 1. The molecule has 1 aromatic rings. The molecule has 0 aliphatic heterocycles. The van der Waals surface area contributed by atoms with Crippen LogP contribution in [0.15, 0.2) is 11.9 Å². The molecule has 0 radical (unpaired) electrons. The first kappa shape index (κ1) is 18.6. The molecule has 1 heterocycles. The summed E-state index contributed by atoms with van der Waals surface area (Å²) in [5, 5.41) is 0. The first-order valence-corrected chi connectivity index (χ1v) is 10.4. The molecule has 1 fully saturated rings. The topological polar surface area (TPSA) is 55.3 Å². The average molecular weight is 370 g/mol. The Labute approximate surface area is 162 Å². The summed E-state index contributed by atoms with van der Waals surface area (Å²) in [4.78, 5) is 22.9. The number of fused-ring (bicyclic) bond motifs is 2. The molecule has 1 atom stereocenters. The van der Waals surface area contributed by atoms with E-state index in [4.69, 9.17) is 4.74 Å². The van der Waals surface area contributed by atoms with Gasteiger partial charge in [0.25, 0.3) is 0 Å². The van der Waals surface area contributed by atoms with Crippen molar-refractivity contribution in [3.05, 3.63) is 23.2 Å². The number of ketones is 1. The molecule has 0 unspecified atom stereocenters. The third-order valence-corrected chi connectivity index (χ3v) is 6.62. The summed E-state index contributed by atoms with van der Waals surface area (Å²) >= 11 is 0. The van der Waals surface area contributed by atoms with Gasteiger partial charge in [0.15, 0.2) is 0 Å². The van der Waals surface area contributed by atoms with Gasteiger partial charge in [-0.3, -0.25) is 0 Å². The van der Waals surface area contributed by atoms with Crippen molar-refractivity contribution in [3.8, 4) is 5.88 Å². The number of hydrogen-bond acceptors (Lipinski definition) is 5. The summed E-state index contributed by atoms with van der Waals surface area (Å²) < 4.78 is 6.44. The first-order chi connectivity index (χ1) is 13.0. The number of Topliss-reactive ketones (excluding diaryl/α,β-unsaturated/α-hetero) is 1. The maximum absolute atomic E-state index is 11.5. The van der Waals surface area contributed by atoms with Crippen LogP contribution < -0.4 is 4.74 Å². The number of hydrogen-bond donors (Lipinski definition) is 0. The number of nitrogens with zero attached hydrogens (tertiary/aromatic N) is 3. The van der Waals surface area contributed by atoms with Crippen molar-refractivity contribution < 1.29 is 9.53 Å². The Hall–Kier alpha value is -1.75. The van der Waals surface area contributed by atoms with Crippen LogP contribution in [0.3, 0.4) is 0 Å². The Balaban J connectivity index is 1.51. The van der Waals surface area contributed by atoms with Gasteiger partial charge in [0, 0.05) is 18.9 Å². The second-order valence-corrected chi connectivity index (χ2v) is 8.68. The second-order valence-electron chi connectivity index (χ2n) is 8.68. The Morgan fingerprint density at radius 1 is 1.19 bits per heavy atom. The SMILES string of the molecule is CC(=O)CC[C@H]1CCC2=C1c1c(ncnc1O[C@H]1CC[C@H](N(C)C)CC1)C2. The molecule has 0 amide bonds. The van der Waals surface area contributed by atoms with E-state index in [1.54, 1.807) is 13.3 Å². The van der Waals surface area contributed by atoms with Crippen LogP contribution >= 0.6 is 0 Å². The number of carbonyl (C=O) groups is 1. The summed E-state index contributed by atoms with van der Waals surface area (Å²) in [5.41, 5.74) is 5.19. The first-order valence-electron chi connectivity index (χ1n) is 10.4. The minimum absolute atomic E-state index is 0.252. The minimum Gasteiger partial charge on any atom is -0.474 e. The molecule has 146 valence electrons. The molecule has 1 saturated carbocycles. The normalized spacial score (nSPS) is 27.0. The van der Waals surface area contributed by atoms with Gasteiger partial charge in [-0.05, 0) is 77.5 Å². The van der Waals surface area contributed by atoms with E-state index >= 15 is 0 Å². The van der Waals surface area contributed by atoms with Gasteiger partial charge in [-0.2, -0.15) is 0 Å². The van der Waals surface area contributed by atoms with Gasteiger partial charge in [-0.25, -0.2) is 9.97 Å². The standard InChI is InChI=1S/C22H31N3O2/c1-14(26)4-5-15-6-7-16-12-19-21(20(15)16)22(24-13-23-19)27-18-10-8-17(9-11-18)25(2)3/h13,15,17-18H,4-12H2,1-3H3/t15-,17-,18-/m0/s1. The van der Waals surface area contributed by atoms with Crippen molar-refractivity contribution >= 4 is 11.4 Å². The van der Waals surface area contributed by atoms with E-state index in [1.165, 1.54) is 24.0 Å². The van der Waals surface area contributed by atoms with Crippen molar-refractivity contribution in [2.75, 3.05) is 14.1 Å². The van der Waals surface area contributed by atoms with E-state index in [0.29, 0.717) is 18.4 Å². The molecule has 1 aromatic heterocycles. The fourth-order valence-corrected chi connectivity index (χ4v) is 5.08. The van der Waals surface area contributed by atoms with Crippen LogP contribution in [0.4, 0.5) is 0 Å². The molecule has 4 rings (SSSR count). The van der Waals surface area contributed by atoms with Gasteiger partial charge < -0.3 is 14.4 Å². The average Bonchev–Trinajstić information content (AvgIpc) is 3.20. The molecule has 0 spiro atoms. The smallest absolute Gasteiger partial charge is 0.224 e. The zero-order valence-corrected chi connectivity index (χ0v) is 16.8. The van der Waals surface area contributed by atoms with Gasteiger partial charge in [0.1, 0.15) is 18.2 Å². The lowest BCUT2D eigenvalue weighted by molar-refractivity contribution is -0.117. The summed E-state index contributed by atoms with van der Waals surface area (Å²) in [6, 6.07) is 0.668. The molecule has 0 saturated heterocycles. The molecule has 0 aromatic carbocycles. The highest BCUT2D eigenvalue weighted by atomic mass is 16.5. The van der Waals surface area contributed by atoms with Crippen LogP contribution in [0.25, 0.3) is 5.57 Å². The highest BCUT2D eigenvalue weighted by Gasteiger charge is 2.36. The molecular weight excluding hydrogens is 338 g/mol. The maximum Gasteiger partial charge on any atom is 0.224 e. The highest BCUT2D eigenvalue weighted by molar-refractivity contribution is 5.82. The molecule has 27 heavy (non-hydrogen) atoms. The second kappa shape index (κ2) is 7.70. The quantitative estimate of drug-likeness (QED) is 0.763. The van der Waals surface area contributed by atoms with Gasteiger partial charge in [0.05, 0.1) is 11.3 Å². The fourth-order valence-electron chi connectivity index (χ4n) is 5.08. The predicted molar refractivity (Wildman–Crippen MR) is 106 cm³/mol. The zero-order valence-electron chi connectivity index (χ0n) is 16.8. The number of carbonyl (C=O) groups excluding carboxylic acids is 1. The summed E-state index contributed by atoms with van der Waals surface area (Å²) in [6.45, 7) is 1.69. The molecule has 5 heteroatoms. The Morgan fingerprint density at radius 3 is 2.67 bits per heavy atom. The van der Waals surface area contributed by atoms with E-state index in [-0.39, 0.29) is 11.9 Å². The van der Waals surface area contributed by atoms with Crippen molar-refractivity contribution in [2.45, 2.75) is 76.9 Å². The van der Waals surface area contributed by atoms with E-state index in [9.17, 15) is 4.79 Å². The summed E-state index contributed by atoms with van der Waals surface area (Å²) in [7, 11) is 4.33. The Morgan fingerprint density at radius 2 is 1.96 bits per heavy atom. The van der Waals surface area contributed by atoms with Crippen molar-refractivity contribution in [3.63, 3.8) is 0 Å². The van der Waals surface area contributed by atoms with E-state index in [0.717, 1.165) is 55.7 Å². The van der Waals surface area contributed by atoms with Crippen molar-refractivity contribution in [2.24, 2.45) is 5.92 Å². The van der Waals surface area contributed by atoms with Crippen molar-refractivity contribution in [1.29, 1.82) is 0 Å². The van der Waals surface area contributed by atoms with Gasteiger partial charge in [0.2, 0.25) is 5.88 Å². The number of allylic oxidation sites excluding steroid dienone is 2. The van der Waals surface area contributed by atoms with Crippen LogP contribution in [0.2, 0.25) is 0 Å². The van der Waals surface area contributed by atoms with Crippen LogP contribution in [0.1, 0.15) is 69.5 Å². The van der Waals surface area contributed by atoms with E-state index in [2.05, 4.69) is 29.0 Å². The lowest BCUT2D eigenvalue weighted by atomic mass is 9.90.